The van der Waals surface area contributed by atoms with E-state index in [-0.39, 0.29) is 17.5 Å². The smallest absolute Gasteiger partial charge is 0.253 e. The van der Waals surface area contributed by atoms with Gasteiger partial charge in [-0.3, -0.25) is 9.69 Å². The molecule has 2 aromatic carbocycles. The molecule has 0 saturated heterocycles. The number of aromatic nitrogens is 2. The summed E-state index contributed by atoms with van der Waals surface area (Å²) in [6.07, 6.45) is 8.55. The van der Waals surface area contributed by atoms with Crippen LogP contribution in [0.15, 0.2) is 54.5 Å². The zero-order valence-electron chi connectivity index (χ0n) is 16.4. The predicted octanol–water partition coefficient (Wildman–Crippen LogP) is 4.74. The molecule has 7 heteroatoms. The Kier molecular flexibility index (Phi) is 4.73. The van der Waals surface area contributed by atoms with Gasteiger partial charge in [-0.05, 0) is 37.1 Å². The molecule has 3 aromatic rings. The molecule has 5 rings (SSSR count). The highest BCUT2D eigenvalue weighted by Crippen LogP contribution is 2.39. The number of aromatic amines is 1. The Bertz CT molecular complexity index is 1130. The number of hydrogen-bond acceptors (Lipinski definition) is 3. The molecule has 30 heavy (non-hydrogen) atoms. The molecule has 1 unspecified atom stereocenters. The number of carbonyl (C=O) groups excluding carboxylic acids is 1. The van der Waals surface area contributed by atoms with E-state index >= 15 is 0 Å². The molecule has 2 heterocycles. The van der Waals surface area contributed by atoms with Gasteiger partial charge in [0.1, 0.15) is 6.04 Å². The average molecular weight is 408 g/mol. The zero-order chi connectivity index (χ0) is 20.7. The van der Waals surface area contributed by atoms with Gasteiger partial charge in [0.2, 0.25) is 0 Å². The molecule has 1 saturated carbocycles. The van der Waals surface area contributed by atoms with E-state index in [1.165, 1.54) is 23.5 Å². The largest absolute Gasteiger partial charge is 0.383 e. The van der Waals surface area contributed by atoms with Crippen LogP contribution in [0.4, 0.5) is 14.5 Å². The lowest BCUT2D eigenvalue weighted by Crippen LogP contribution is -2.36. The topological polar surface area (TPSA) is 61.0 Å². The molecule has 1 fully saturated rings. The van der Waals surface area contributed by atoms with Crippen molar-refractivity contribution in [1.29, 1.82) is 0 Å². The molecule has 1 atom stereocenters. The highest BCUT2D eigenvalue weighted by molar-refractivity contribution is 6.06. The monoisotopic (exact) mass is 408 g/mol. The number of amides is 1. The third kappa shape index (κ3) is 3.24. The predicted molar refractivity (Wildman–Crippen MR) is 111 cm³/mol. The van der Waals surface area contributed by atoms with Crippen molar-refractivity contribution in [1.82, 2.24) is 15.3 Å². The highest BCUT2D eigenvalue weighted by Gasteiger charge is 2.38. The fraction of sp³-hybridized carbons (Fsp3) is 0.304. The van der Waals surface area contributed by atoms with Gasteiger partial charge in [-0.15, -0.1) is 0 Å². The fourth-order valence-electron chi connectivity index (χ4n) is 4.54. The van der Waals surface area contributed by atoms with Gasteiger partial charge >= 0.3 is 0 Å². The van der Waals surface area contributed by atoms with Crippen LogP contribution in [-0.4, -0.2) is 21.9 Å². The number of benzene rings is 2. The zero-order valence-corrected chi connectivity index (χ0v) is 16.4. The van der Waals surface area contributed by atoms with E-state index < -0.39 is 17.7 Å². The Morgan fingerprint density at radius 2 is 1.93 bits per heavy atom. The number of anilines is 1. The lowest BCUT2D eigenvalue weighted by Gasteiger charge is -2.31. The van der Waals surface area contributed by atoms with Gasteiger partial charge in [0.25, 0.3) is 5.91 Å². The number of halogens is 2. The lowest BCUT2D eigenvalue weighted by atomic mass is 9.94. The van der Waals surface area contributed by atoms with E-state index in [0.717, 1.165) is 42.8 Å². The van der Waals surface area contributed by atoms with Crippen LogP contribution in [-0.2, 0) is 4.79 Å². The van der Waals surface area contributed by atoms with Crippen molar-refractivity contribution in [2.45, 2.75) is 44.2 Å². The minimum Gasteiger partial charge on any atom is -0.383 e. The van der Waals surface area contributed by atoms with E-state index in [2.05, 4.69) is 15.3 Å². The number of nitrogens with zero attached hydrogens (tertiary/aromatic N) is 2. The van der Waals surface area contributed by atoms with Crippen molar-refractivity contribution < 1.29 is 13.6 Å². The van der Waals surface area contributed by atoms with E-state index in [0.29, 0.717) is 11.4 Å². The Morgan fingerprint density at radius 3 is 2.77 bits per heavy atom. The first-order valence-corrected chi connectivity index (χ1v) is 10.3. The van der Waals surface area contributed by atoms with E-state index in [4.69, 9.17) is 0 Å². The van der Waals surface area contributed by atoms with Crippen molar-refractivity contribution in [3.63, 3.8) is 0 Å². The van der Waals surface area contributed by atoms with E-state index in [9.17, 15) is 13.6 Å². The number of H-pyrrole nitrogens is 1. The molecule has 154 valence electrons. The van der Waals surface area contributed by atoms with Crippen molar-refractivity contribution in [3.05, 3.63) is 71.7 Å². The number of hydrogen-bond donors (Lipinski definition) is 2. The first kappa shape index (κ1) is 18.8. The summed E-state index contributed by atoms with van der Waals surface area (Å²) in [5.41, 5.74) is 2.89. The minimum absolute atomic E-state index is 0.139. The van der Waals surface area contributed by atoms with Crippen LogP contribution in [0.3, 0.4) is 0 Å². The van der Waals surface area contributed by atoms with Gasteiger partial charge in [0, 0.05) is 29.1 Å². The maximum Gasteiger partial charge on any atom is 0.253 e. The van der Waals surface area contributed by atoms with Crippen molar-refractivity contribution in [2.75, 3.05) is 4.90 Å². The van der Waals surface area contributed by atoms with Gasteiger partial charge < -0.3 is 10.3 Å². The summed E-state index contributed by atoms with van der Waals surface area (Å²) in [5, 5.41) is 3.46. The second-order valence-electron chi connectivity index (χ2n) is 7.94. The standard InChI is InChI=1S/C23H22F2N4O/c24-17-8-4-7-16(22(17)25)23-20(28-14-5-2-1-3-6-14)12-21(30)29(23)15-9-10-18-19(11-15)27-13-26-18/h4,7-14,23,28H,1-3,5-6H2,(H,26,27). The molecule has 0 radical (unpaired) electrons. The van der Waals surface area contributed by atoms with Crippen molar-refractivity contribution >= 4 is 22.6 Å². The summed E-state index contributed by atoms with van der Waals surface area (Å²) in [5.74, 6) is -2.12. The molecule has 1 aliphatic carbocycles. The molecule has 0 spiro atoms. The molecular weight excluding hydrogens is 386 g/mol. The summed E-state index contributed by atoms with van der Waals surface area (Å²) in [6.45, 7) is 0. The quantitative estimate of drug-likeness (QED) is 0.656. The summed E-state index contributed by atoms with van der Waals surface area (Å²) in [4.78, 5) is 21.8. The lowest BCUT2D eigenvalue weighted by molar-refractivity contribution is -0.113. The van der Waals surface area contributed by atoms with Gasteiger partial charge in [0.15, 0.2) is 11.6 Å². The number of carbonyl (C=O) groups is 1. The van der Waals surface area contributed by atoms with Crippen molar-refractivity contribution in [3.8, 4) is 0 Å². The minimum atomic E-state index is -0.929. The molecule has 1 aliphatic heterocycles. The van der Waals surface area contributed by atoms with Crippen LogP contribution in [0.2, 0.25) is 0 Å². The van der Waals surface area contributed by atoms with Gasteiger partial charge in [0.05, 0.1) is 17.4 Å². The molecule has 2 N–H and O–H groups in total. The molecule has 1 amide bonds. The SMILES string of the molecule is O=C1C=C(NC2CCCCC2)C(c2cccc(F)c2F)N1c1ccc2nc[nH]c2c1. The van der Waals surface area contributed by atoms with Crippen LogP contribution >= 0.6 is 0 Å². The molecule has 1 aromatic heterocycles. The van der Waals surface area contributed by atoms with E-state index in [1.807, 2.05) is 6.07 Å². The van der Waals surface area contributed by atoms with Gasteiger partial charge in [-0.2, -0.15) is 0 Å². The molecule has 5 nitrogen and oxygen atoms in total. The van der Waals surface area contributed by atoms with Gasteiger partial charge in [-0.25, -0.2) is 13.8 Å². The molecule has 0 bridgehead atoms. The summed E-state index contributed by atoms with van der Waals surface area (Å²) < 4.78 is 28.9. The van der Waals surface area contributed by atoms with Crippen LogP contribution in [0.1, 0.15) is 43.7 Å². The second kappa shape index (κ2) is 7.55. The Morgan fingerprint density at radius 1 is 1.10 bits per heavy atom. The Labute approximate surface area is 172 Å². The number of fused-ring (bicyclic) bond motifs is 1. The first-order chi connectivity index (χ1) is 14.6. The van der Waals surface area contributed by atoms with Crippen molar-refractivity contribution in [2.24, 2.45) is 0 Å². The number of imidazole rings is 1. The number of rotatable bonds is 4. The number of nitrogens with one attached hydrogen (secondary N) is 2. The van der Waals surface area contributed by atoms with Crippen LogP contribution in [0.5, 0.6) is 0 Å². The molecule has 2 aliphatic rings. The van der Waals surface area contributed by atoms with Crippen LogP contribution < -0.4 is 10.2 Å². The maximum atomic E-state index is 14.8. The fourth-order valence-corrected chi connectivity index (χ4v) is 4.54. The molecular formula is C23H22F2N4O. The summed E-state index contributed by atoms with van der Waals surface area (Å²) in [7, 11) is 0. The van der Waals surface area contributed by atoms with Crippen LogP contribution in [0.25, 0.3) is 11.0 Å². The second-order valence-corrected chi connectivity index (χ2v) is 7.94. The normalized spacial score (nSPS) is 20.1. The summed E-state index contributed by atoms with van der Waals surface area (Å²) in [6, 6.07) is 8.98. The average Bonchev–Trinajstić information content (AvgIpc) is 3.34. The summed E-state index contributed by atoms with van der Waals surface area (Å²) >= 11 is 0. The van der Waals surface area contributed by atoms with Gasteiger partial charge in [-0.1, -0.05) is 31.4 Å². The van der Waals surface area contributed by atoms with E-state index in [1.54, 1.807) is 24.5 Å². The highest BCUT2D eigenvalue weighted by atomic mass is 19.2. The third-order valence-corrected chi connectivity index (χ3v) is 6.00. The van der Waals surface area contributed by atoms with Crippen LogP contribution in [0, 0.1) is 11.6 Å². The maximum absolute atomic E-state index is 14.8. The Balaban J connectivity index is 1.58. The third-order valence-electron chi connectivity index (χ3n) is 6.00. The first-order valence-electron chi connectivity index (χ1n) is 10.3. The Hall–Kier alpha value is -3.22.